The van der Waals surface area contributed by atoms with Crippen molar-refractivity contribution in [3.63, 3.8) is 0 Å². The Kier molecular flexibility index (Phi) is 5.38. The molecular weight excluding hydrogens is 444 g/mol. The van der Waals surface area contributed by atoms with Gasteiger partial charge in [0.15, 0.2) is 5.78 Å². The highest BCUT2D eigenvalue weighted by Crippen LogP contribution is 2.26. The quantitative estimate of drug-likeness (QED) is 0.214. The van der Waals surface area contributed by atoms with Gasteiger partial charge in [-0.3, -0.25) is 9.89 Å². The summed E-state index contributed by atoms with van der Waals surface area (Å²) in [5.41, 5.74) is 2.93. The van der Waals surface area contributed by atoms with E-state index in [0.717, 1.165) is 22.0 Å². The third kappa shape index (κ3) is 3.98. The maximum atomic E-state index is 12.7. The van der Waals surface area contributed by atoms with Crippen molar-refractivity contribution in [1.82, 2.24) is 25.1 Å². The molecule has 2 heterocycles. The minimum Gasteiger partial charge on any atom is -0.335 e. The first kappa shape index (κ1) is 20.3. The van der Waals surface area contributed by atoms with Gasteiger partial charge in [0.2, 0.25) is 11.0 Å². The van der Waals surface area contributed by atoms with E-state index in [9.17, 15) is 4.79 Å². The van der Waals surface area contributed by atoms with Crippen molar-refractivity contribution < 1.29 is 4.79 Å². The second-order valence-corrected chi connectivity index (χ2v) is 8.50. The summed E-state index contributed by atoms with van der Waals surface area (Å²) >= 11 is 7.19. The normalized spacial score (nSPS) is 11.2. The molecule has 0 bridgehead atoms. The van der Waals surface area contributed by atoms with Gasteiger partial charge in [-0.2, -0.15) is 5.10 Å². The Balaban J connectivity index is 1.31. The highest BCUT2D eigenvalue weighted by Gasteiger charge is 2.17. The van der Waals surface area contributed by atoms with Gasteiger partial charge < -0.3 is 5.84 Å². The van der Waals surface area contributed by atoms with E-state index < -0.39 is 0 Å². The second-order valence-electron chi connectivity index (χ2n) is 7.12. The molecule has 0 aliphatic heterocycles. The Morgan fingerprint density at radius 1 is 1.00 bits per heavy atom. The number of nitrogens with zero attached hydrogens (tertiary/aromatic N) is 4. The summed E-state index contributed by atoms with van der Waals surface area (Å²) in [5.74, 6) is 6.82. The minimum atomic E-state index is -0.00290. The molecule has 0 fully saturated rings. The number of fused-ring (bicyclic) bond motifs is 1. The Morgan fingerprint density at radius 3 is 2.59 bits per heavy atom. The molecule has 5 aromatic rings. The first-order valence-electron chi connectivity index (χ1n) is 9.75. The molecule has 0 spiro atoms. The van der Waals surface area contributed by atoms with Gasteiger partial charge in [-0.25, -0.2) is 4.68 Å². The number of H-pyrrole nitrogens is 1. The highest BCUT2D eigenvalue weighted by molar-refractivity contribution is 7.99. The van der Waals surface area contributed by atoms with Crippen LogP contribution in [0.15, 0.2) is 78.0 Å². The van der Waals surface area contributed by atoms with Crippen LogP contribution in [0.1, 0.15) is 10.4 Å². The van der Waals surface area contributed by atoms with Gasteiger partial charge in [-0.1, -0.05) is 71.9 Å². The number of nitrogens with two attached hydrogens (primary N) is 1. The third-order valence-electron chi connectivity index (χ3n) is 5.03. The minimum absolute atomic E-state index is 0.00290. The lowest BCUT2D eigenvalue weighted by atomic mass is 10.1. The van der Waals surface area contributed by atoms with Gasteiger partial charge in [-0.15, -0.1) is 10.2 Å². The van der Waals surface area contributed by atoms with Gasteiger partial charge in [-0.05, 0) is 35.0 Å². The average molecular weight is 461 g/mol. The first-order valence-corrected chi connectivity index (χ1v) is 11.1. The Bertz CT molecular complexity index is 1430. The van der Waals surface area contributed by atoms with Crippen LogP contribution in [0.5, 0.6) is 0 Å². The van der Waals surface area contributed by atoms with E-state index in [2.05, 4.69) is 20.4 Å². The van der Waals surface area contributed by atoms with Crippen LogP contribution in [0.25, 0.3) is 33.5 Å². The lowest BCUT2D eigenvalue weighted by Crippen LogP contribution is -2.13. The molecule has 0 atom stereocenters. The van der Waals surface area contributed by atoms with E-state index in [0.29, 0.717) is 27.3 Å². The molecule has 0 amide bonds. The number of aromatic nitrogens is 5. The van der Waals surface area contributed by atoms with Gasteiger partial charge >= 0.3 is 0 Å². The van der Waals surface area contributed by atoms with Crippen molar-refractivity contribution in [2.45, 2.75) is 5.16 Å². The van der Waals surface area contributed by atoms with Crippen molar-refractivity contribution in [1.29, 1.82) is 0 Å². The number of ketones is 1. The number of aromatic amines is 1. The molecule has 5 rings (SSSR count). The lowest BCUT2D eigenvalue weighted by molar-refractivity contribution is 0.102. The summed E-state index contributed by atoms with van der Waals surface area (Å²) in [6.07, 6.45) is 0. The van der Waals surface area contributed by atoms with E-state index in [1.165, 1.54) is 16.4 Å². The largest absolute Gasteiger partial charge is 0.335 e. The highest BCUT2D eigenvalue weighted by atomic mass is 35.5. The Labute approximate surface area is 192 Å². The monoisotopic (exact) mass is 460 g/mol. The van der Waals surface area contributed by atoms with E-state index in [4.69, 9.17) is 17.4 Å². The molecule has 9 heteroatoms. The van der Waals surface area contributed by atoms with Crippen LogP contribution in [-0.2, 0) is 0 Å². The fourth-order valence-electron chi connectivity index (χ4n) is 3.34. The van der Waals surface area contributed by atoms with Gasteiger partial charge in [0.25, 0.3) is 0 Å². The standard InChI is InChI=1S/C23H17ClN6OS/c24-18-9-7-15(8-10-18)19-12-20(27-26-19)22-28-29-23(30(22)25)32-13-21(31)17-6-5-14-3-1-2-4-16(14)11-17/h1-12H,13,25H2,(H,26,27). The Morgan fingerprint density at radius 2 is 1.78 bits per heavy atom. The van der Waals surface area contributed by atoms with Crippen LogP contribution in [0.2, 0.25) is 5.02 Å². The van der Waals surface area contributed by atoms with Crippen LogP contribution in [0.4, 0.5) is 0 Å². The van der Waals surface area contributed by atoms with Crippen LogP contribution in [0, 0.1) is 0 Å². The molecule has 0 aliphatic carbocycles. The topological polar surface area (TPSA) is 102 Å². The van der Waals surface area contributed by atoms with Crippen LogP contribution < -0.4 is 5.84 Å². The number of nitrogens with one attached hydrogen (secondary N) is 1. The third-order valence-corrected chi connectivity index (χ3v) is 6.22. The summed E-state index contributed by atoms with van der Waals surface area (Å²) < 4.78 is 1.36. The number of Topliss-reactive ketones (excluding diaryl/α,β-unsaturated/α-hetero) is 1. The lowest BCUT2D eigenvalue weighted by Gasteiger charge is -2.04. The molecule has 0 unspecified atom stereocenters. The number of rotatable bonds is 6. The van der Waals surface area contributed by atoms with Crippen LogP contribution >= 0.6 is 23.4 Å². The summed E-state index contributed by atoms with van der Waals surface area (Å²) in [7, 11) is 0. The van der Waals surface area contributed by atoms with E-state index in [1.807, 2.05) is 60.7 Å². The van der Waals surface area contributed by atoms with Crippen molar-refractivity contribution in [3.05, 3.63) is 83.4 Å². The van der Waals surface area contributed by atoms with Gasteiger partial charge in [0.05, 0.1) is 11.4 Å². The van der Waals surface area contributed by atoms with Crippen LogP contribution in [-0.4, -0.2) is 36.6 Å². The molecule has 3 N–H and O–H groups in total. The number of benzene rings is 3. The second kappa shape index (κ2) is 8.49. The smallest absolute Gasteiger partial charge is 0.210 e. The van der Waals surface area contributed by atoms with Crippen molar-refractivity contribution in [2.75, 3.05) is 11.6 Å². The number of carbonyl (C=O) groups excluding carboxylic acids is 1. The number of halogens is 1. The number of hydrogen-bond acceptors (Lipinski definition) is 6. The maximum absolute atomic E-state index is 12.7. The zero-order chi connectivity index (χ0) is 22.1. The molecule has 0 saturated carbocycles. The fourth-order valence-corrected chi connectivity index (χ4v) is 4.22. The molecule has 0 aliphatic rings. The summed E-state index contributed by atoms with van der Waals surface area (Å²) in [6, 6.07) is 22.8. The summed E-state index contributed by atoms with van der Waals surface area (Å²) in [5, 5.41) is 18.8. The fraction of sp³-hybridized carbons (Fsp3) is 0.0435. The summed E-state index contributed by atoms with van der Waals surface area (Å²) in [6.45, 7) is 0. The van der Waals surface area contributed by atoms with Crippen molar-refractivity contribution in [3.8, 4) is 22.8 Å². The molecule has 32 heavy (non-hydrogen) atoms. The molecule has 0 radical (unpaired) electrons. The summed E-state index contributed by atoms with van der Waals surface area (Å²) in [4.78, 5) is 12.7. The molecule has 158 valence electrons. The Hall–Kier alpha value is -3.62. The number of carbonyl (C=O) groups is 1. The number of nitrogen functional groups attached to an aromatic ring is 1. The zero-order valence-corrected chi connectivity index (χ0v) is 18.3. The van der Waals surface area contributed by atoms with E-state index in [1.54, 1.807) is 12.1 Å². The van der Waals surface area contributed by atoms with Crippen molar-refractivity contribution in [2.24, 2.45) is 0 Å². The number of hydrogen-bond donors (Lipinski definition) is 2. The van der Waals surface area contributed by atoms with Crippen molar-refractivity contribution >= 4 is 39.9 Å². The molecular formula is C23H17ClN6OS. The molecule has 3 aromatic carbocycles. The van der Waals surface area contributed by atoms with E-state index >= 15 is 0 Å². The SMILES string of the molecule is Nn1c(SCC(=O)c2ccc3ccccc3c2)nnc1-c1cc(-c2ccc(Cl)cc2)n[nH]1. The zero-order valence-electron chi connectivity index (χ0n) is 16.7. The van der Waals surface area contributed by atoms with Crippen LogP contribution in [0.3, 0.4) is 0 Å². The predicted octanol–water partition coefficient (Wildman–Crippen LogP) is 4.83. The van der Waals surface area contributed by atoms with E-state index in [-0.39, 0.29) is 11.5 Å². The predicted molar refractivity (Wildman–Crippen MR) is 127 cm³/mol. The maximum Gasteiger partial charge on any atom is 0.210 e. The van der Waals surface area contributed by atoms with Gasteiger partial charge in [0, 0.05) is 16.1 Å². The molecule has 0 saturated heterocycles. The number of thioether (sulfide) groups is 1. The average Bonchev–Trinajstić information content (AvgIpc) is 3.44. The first-order chi connectivity index (χ1) is 15.6. The molecule has 2 aromatic heterocycles. The molecule has 7 nitrogen and oxygen atoms in total. The van der Waals surface area contributed by atoms with Gasteiger partial charge in [0.1, 0.15) is 5.69 Å².